The van der Waals surface area contributed by atoms with Crippen LogP contribution in [0.4, 0.5) is 16.0 Å². The van der Waals surface area contributed by atoms with Crippen molar-refractivity contribution in [2.45, 2.75) is 26.8 Å². The smallest absolute Gasteiger partial charge is 0.356 e. The number of nitrogens with one attached hydrogen (secondary N) is 3. The second kappa shape index (κ2) is 11.0. The zero-order valence-corrected chi connectivity index (χ0v) is 22.5. The van der Waals surface area contributed by atoms with Crippen LogP contribution >= 0.6 is 0 Å². The minimum atomic E-state index is -0.644. The van der Waals surface area contributed by atoms with Crippen molar-refractivity contribution in [3.05, 3.63) is 50.5 Å². The number of carbonyl (C=O) groups excluding carboxylic acids is 2. The first-order valence-corrected chi connectivity index (χ1v) is 13.2. The van der Waals surface area contributed by atoms with E-state index in [9.17, 15) is 23.6 Å². The van der Waals surface area contributed by atoms with Crippen LogP contribution in [-0.2, 0) is 23.1 Å². The predicted molar refractivity (Wildman–Crippen MR) is 147 cm³/mol. The maximum Gasteiger partial charge on any atom is 0.356 e. The number of esters is 1. The van der Waals surface area contributed by atoms with Gasteiger partial charge >= 0.3 is 11.7 Å². The molecule has 0 atom stereocenters. The van der Waals surface area contributed by atoms with Gasteiger partial charge in [-0.25, -0.2) is 14.0 Å². The van der Waals surface area contributed by atoms with Gasteiger partial charge in [0.25, 0.3) is 5.56 Å². The first kappa shape index (κ1) is 27.1. The number of halogens is 1. The van der Waals surface area contributed by atoms with Gasteiger partial charge in [0.1, 0.15) is 11.5 Å². The third-order valence-electron chi connectivity index (χ3n) is 6.96. The summed E-state index contributed by atoms with van der Waals surface area (Å²) in [5.41, 5.74) is 0.421. The van der Waals surface area contributed by atoms with Crippen molar-refractivity contribution in [2.75, 3.05) is 49.5 Å². The minimum absolute atomic E-state index is 0.0532. The van der Waals surface area contributed by atoms with Gasteiger partial charge < -0.3 is 24.5 Å². The molecule has 1 amide bonds. The van der Waals surface area contributed by atoms with Gasteiger partial charge in [-0.15, -0.1) is 0 Å². The number of fused-ring (bicyclic) bond motifs is 2. The number of H-pyrrole nitrogens is 2. The maximum atomic E-state index is 14.0. The molecule has 4 aromatic rings. The van der Waals surface area contributed by atoms with Crippen molar-refractivity contribution in [3.8, 4) is 0 Å². The molecule has 40 heavy (non-hydrogen) atoms. The van der Waals surface area contributed by atoms with Crippen molar-refractivity contribution in [2.24, 2.45) is 7.05 Å². The molecular weight excluding hydrogens is 523 g/mol. The lowest BCUT2D eigenvalue weighted by Gasteiger charge is -2.35. The van der Waals surface area contributed by atoms with E-state index in [1.54, 1.807) is 14.0 Å². The van der Waals surface area contributed by atoms with E-state index >= 15 is 0 Å². The molecule has 1 saturated heterocycles. The van der Waals surface area contributed by atoms with Crippen molar-refractivity contribution in [1.82, 2.24) is 29.0 Å². The van der Waals surface area contributed by atoms with Gasteiger partial charge in [-0.3, -0.25) is 24.0 Å². The van der Waals surface area contributed by atoms with E-state index in [4.69, 9.17) is 4.74 Å². The van der Waals surface area contributed by atoms with Gasteiger partial charge in [-0.05, 0) is 31.5 Å². The fourth-order valence-electron chi connectivity index (χ4n) is 5.04. The number of piperazine rings is 1. The Morgan fingerprint density at radius 2 is 1.88 bits per heavy atom. The number of benzene rings is 1. The van der Waals surface area contributed by atoms with Crippen LogP contribution in [0.3, 0.4) is 0 Å². The van der Waals surface area contributed by atoms with Crippen LogP contribution in [0.2, 0.25) is 0 Å². The van der Waals surface area contributed by atoms with E-state index in [0.29, 0.717) is 60.7 Å². The lowest BCUT2D eigenvalue weighted by atomic mass is 10.2. The van der Waals surface area contributed by atoms with Crippen LogP contribution < -0.4 is 21.5 Å². The zero-order chi connectivity index (χ0) is 28.6. The summed E-state index contributed by atoms with van der Waals surface area (Å²) in [7, 11) is 1.57. The van der Waals surface area contributed by atoms with Crippen LogP contribution in [0.1, 0.15) is 30.8 Å². The highest BCUT2D eigenvalue weighted by Gasteiger charge is 2.27. The Labute approximate surface area is 227 Å². The average molecular weight is 555 g/mol. The summed E-state index contributed by atoms with van der Waals surface area (Å²) in [6.07, 6.45) is 0.770. The molecule has 14 heteroatoms. The van der Waals surface area contributed by atoms with Crippen LogP contribution in [0.15, 0.2) is 27.8 Å². The van der Waals surface area contributed by atoms with E-state index < -0.39 is 23.0 Å². The number of hydrogen-bond acceptors (Lipinski definition) is 8. The Balaban J connectivity index is 1.31. The summed E-state index contributed by atoms with van der Waals surface area (Å²) in [6, 6.07) is 4.02. The molecule has 1 aromatic carbocycles. The van der Waals surface area contributed by atoms with Gasteiger partial charge in [-0.2, -0.15) is 4.98 Å². The molecule has 3 aromatic heterocycles. The van der Waals surface area contributed by atoms with E-state index in [-0.39, 0.29) is 30.4 Å². The summed E-state index contributed by atoms with van der Waals surface area (Å²) in [4.78, 5) is 64.1. The fraction of sp³-hybridized carbons (Fsp3) is 0.423. The molecule has 5 rings (SSSR count). The Kier molecular flexibility index (Phi) is 7.43. The molecule has 1 aliphatic heterocycles. The number of carbonyl (C=O) groups is 2. The third-order valence-corrected chi connectivity index (χ3v) is 6.96. The highest BCUT2D eigenvalue weighted by molar-refractivity contribution is 6.11. The lowest BCUT2D eigenvalue weighted by molar-refractivity contribution is -0.117. The number of aromatic nitrogens is 5. The topological polar surface area (TPSA) is 150 Å². The first-order valence-electron chi connectivity index (χ1n) is 13.2. The number of imidazole rings is 1. The predicted octanol–water partition coefficient (Wildman–Crippen LogP) is 1.39. The van der Waals surface area contributed by atoms with Gasteiger partial charge in [0.2, 0.25) is 11.9 Å². The van der Waals surface area contributed by atoms with Crippen molar-refractivity contribution >= 4 is 45.6 Å². The van der Waals surface area contributed by atoms with Crippen LogP contribution in [-0.4, -0.2) is 80.2 Å². The Hall–Kier alpha value is -4.46. The summed E-state index contributed by atoms with van der Waals surface area (Å²) < 4.78 is 22.2. The summed E-state index contributed by atoms with van der Waals surface area (Å²) in [5, 5.41) is 3.15. The Bertz CT molecular complexity index is 1710. The normalized spacial score (nSPS) is 14.2. The maximum absolute atomic E-state index is 14.0. The number of aryl methyl sites for hydroxylation is 2. The quantitative estimate of drug-likeness (QED) is 0.277. The van der Waals surface area contributed by atoms with Crippen molar-refractivity contribution < 1.29 is 18.7 Å². The molecule has 0 bridgehead atoms. The number of amides is 1. The van der Waals surface area contributed by atoms with E-state index in [0.717, 1.165) is 6.42 Å². The molecule has 3 N–H and O–H groups in total. The molecule has 0 spiro atoms. The minimum Gasteiger partial charge on any atom is -0.461 e. The molecular formula is C26H31FN8O5. The van der Waals surface area contributed by atoms with Gasteiger partial charge in [0.15, 0.2) is 11.2 Å². The summed E-state index contributed by atoms with van der Waals surface area (Å²) in [6.45, 7) is 6.58. The molecule has 0 unspecified atom stereocenters. The average Bonchev–Trinajstić information content (AvgIpc) is 3.47. The SMILES string of the molecule is CCCn1c(N2CCN(CC(=O)Nc3c(C(=O)OCC)[nH]c4ccc(F)cc34)CC2)nc2c1c(=O)[nH]c(=O)n2C. The monoisotopic (exact) mass is 554 g/mol. The van der Waals surface area contributed by atoms with E-state index in [2.05, 4.69) is 20.3 Å². The van der Waals surface area contributed by atoms with Crippen molar-refractivity contribution in [1.29, 1.82) is 0 Å². The fourth-order valence-corrected chi connectivity index (χ4v) is 5.04. The number of ether oxygens (including phenoxy) is 1. The van der Waals surface area contributed by atoms with Crippen LogP contribution in [0, 0.1) is 5.82 Å². The molecule has 0 radical (unpaired) electrons. The number of rotatable bonds is 8. The standard InChI is InChI=1S/C26H31FN8O5/c1-4-8-35-21-22(32(3)26(39)31-23(21)37)30-25(35)34-11-9-33(10-12-34)14-18(36)29-19-16-13-15(27)6-7-17(16)28-20(19)24(38)40-5-2/h6-7,13,28H,4-5,8-12,14H2,1-3H3,(H,29,36)(H,31,37,39). The molecule has 13 nitrogen and oxygen atoms in total. The summed E-state index contributed by atoms with van der Waals surface area (Å²) >= 11 is 0. The molecule has 0 saturated carbocycles. The second-order valence-electron chi connectivity index (χ2n) is 9.65. The van der Waals surface area contributed by atoms with Crippen molar-refractivity contribution in [3.63, 3.8) is 0 Å². The highest BCUT2D eigenvalue weighted by atomic mass is 19.1. The van der Waals surface area contributed by atoms with Gasteiger partial charge in [-0.1, -0.05) is 6.92 Å². The molecule has 1 aliphatic rings. The molecule has 212 valence electrons. The largest absolute Gasteiger partial charge is 0.461 e. The number of nitrogens with zero attached hydrogens (tertiary/aromatic N) is 5. The molecule has 0 aliphatic carbocycles. The Morgan fingerprint density at radius 3 is 2.58 bits per heavy atom. The second-order valence-corrected chi connectivity index (χ2v) is 9.65. The molecule has 1 fully saturated rings. The number of hydrogen-bond donors (Lipinski definition) is 3. The van der Waals surface area contributed by atoms with Crippen LogP contribution in [0.25, 0.3) is 22.1 Å². The van der Waals surface area contributed by atoms with Gasteiger partial charge in [0.05, 0.1) is 18.8 Å². The highest BCUT2D eigenvalue weighted by Crippen LogP contribution is 2.29. The number of aromatic amines is 2. The Morgan fingerprint density at radius 1 is 1.12 bits per heavy atom. The van der Waals surface area contributed by atoms with Gasteiger partial charge in [0, 0.05) is 50.7 Å². The van der Waals surface area contributed by atoms with E-state index in [1.165, 1.54) is 22.8 Å². The summed E-state index contributed by atoms with van der Waals surface area (Å²) in [5.74, 6) is -0.893. The van der Waals surface area contributed by atoms with Crippen LogP contribution in [0.5, 0.6) is 0 Å². The third kappa shape index (κ3) is 4.97. The van der Waals surface area contributed by atoms with E-state index in [1.807, 2.05) is 21.3 Å². The molecule has 4 heterocycles. The lowest BCUT2D eigenvalue weighted by Crippen LogP contribution is -2.49. The first-order chi connectivity index (χ1) is 19.2. The number of anilines is 2. The zero-order valence-electron chi connectivity index (χ0n) is 22.5.